The van der Waals surface area contributed by atoms with Crippen LogP contribution in [0.2, 0.25) is 0 Å². The predicted molar refractivity (Wildman–Crippen MR) is 67.5 cm³/mol. The van der Waals surface area contributed by atoms with Gasteiger partial charge in [0.15, 0.2) is 0 Å². The SMILES string of the molecule is O=C(O)CC1CSCCN1C(=O)C1CC(O)CN1. The van der Waals surface area contributed by atoms with E-state index in [-0.39, 0.29) is 24.4 Å². The molecule has 2 aliphatic heterocycles. The zero-order valence-electron chi connectivity index (χ0n) is 10.0. The number of nitrogens with one attached hydrogen (secondary N) is 1. The average Bonchev–Trinajstić information content (AvgIpc) is 2.75. The first-order valence-corrected chi connectivity index (χ1v) is 7.25. The molecule has 0 saturated carbocycles. The second-order valence-electron chi connectivity index (χ2n) is 4.71. The molecular formula is C11H18N2O4S. The van der Waals surface area contributed by atoms with Crippen LogP contribution >= 0.6 is 11.8 Å². The van der Waals surface area contributed by atoms with Crippen molar-refractivity contribution < 1.29 is 19.8 Å². The third-order valence-corrected chi connectivity index (χ3v) is 4.42. The lowest BCUT2D eigenvalue weighted by Gasteiger charge is -2.36. The van der Waals surface area contributed by atoms with Crippen molar-refractivity contribution in [3.05, 3.63) is 0 Å². The van der Waals surface area contributed by atoms with Crippen molar-refractivity contribution in [3.8, 4) is 0 Å². The van der Waals surface area contributed by atoms with E-state index in [1.54, 1.807) is 16.7 Å². The number of carbonyl (C=O) groups excluding carboxylic acids is 1. The Morgan fingerprint density at radius 3 is 2.83 bits per heavy atom. The maximum atomic E-state index is 12.3. The predicted octanol–water partition coefficient (Wildman–Crippen LogP) is -0.872. The second-order valence-corrected chi connectivity index (χ2v) is 5.86. The minimum absolute atomic E-state index is 0.00594. The molecule has 0 radical (unpaired) electrons. The summed E-state index contributed by atoms with van der Waals surface area (Å²) in [5.41, 5.74) is 0. The first-order chi connectivity index (χ1) is 8.58. The molecule has 0 aromatic heterocycles. The summed E-state index contributed by atoms with van der Waals surface area (Å²) >= 11 is 1.68. The third-order valence-electron chi connectivity index (χ3n) is 3.33. The molecule has 3 unspecified atom stereocenters. The van der Waals surface area contributed by atoms with Crippen LogP contribution in [0.4, 0.5) is 0 Å². The number of rotatable bonds is 3. The van der Waals surface area contributed by atoms with Crippen LogP contribution < -0.4 is 5.32 Å². The van der Waals surface area contributed by atoms with Crippen LogP contribution in [-0.4, -0.2) is 69.8 Å². The van der Waals surface area contributed by atoms with Gasteiger partial charge in [-0.1, -0.05) is 0 Å². The molecule has 2 aliphatic rings. The lowest BCUT2D eigenvalue weighted by atomic mass is 10.1. The highest BCUT2D eigenvalue weighted by atomic mass is 32.2. The van der Waals surface area contributed by atoms with Crippen molar-refractivity contribution in [2.75, 3.05) is 24.6 Å². The average molecular weight is 274 g/mol. The summed E-state index contributed by atoms with van der Waals surface area (Å²) in [5, 5.41) is 21.3. The van der Waals surface area contributed by atoms with Gasteiger partial charge >= 0.3 is 5.97 Å². The Kier molecular flexibility index (Phi) is 4.47. The van der Waals surface area contributed by atoms with Crippen LogP contribution in [0.15, 0.2) is 0 Å². The number of aliphatic hydroxyl groups is 1. The number of carboxylic acid groups (broad SMARTS) is 1. The van der Waals surface area contributed by atoms with Crippen molar-refractivity contribution in [1.29, 1.82) is 0 Å². The number of thioether (sulfide) groups is 1. The molecular weight excluding hydrogens is 256 g/mol. The molecule has 7 heteroatoms. The molecule has 6 nitrogen and oxygen atoms in total. The molecule has 3 atom stereocenters. The number of hydrogen-bond donors (Lipinski definition) is 3. The number of hydrogen-bond acceptors (Lipinski definition) is 5. The Labute approximate surface area is 110 Å². The van der Waals surface area contributed by atoms with E-state index in [4.69, 9.17) is 5.11 Å². The van der Waals surface area contributed by atoms with Crippen LogP contribution in [-0.2, 0) is 9.59 Å². The Balaban J connectivity index is 1.99. The van der Waals surface area contributed by atoms with Gasteiger partial charge in [-0.2, -0.15) is 11.8 Å². The van der Waals surface area contributed by atoms with Crippen LogP contribution in [0, 0.1) is 0 Å². The summed E-state index contributed by atoms with van der Waals surface area (Å²) in [4.78, 5) is 24.8. The van der Waals surface area contributed by atoms with Crippen LogP contribution in [0.3, 0.4) is 0 Å². The first kappa shape index (κ1) is 13.6. The van der Waals surface area contributed by atoms with Gasteiger partial charge < -0.3 is 20.4 Å². The van der Waals surface area contributed by atoms with Gasteiger partial charge in [0.2, 0.25) is 5.91 Å². The Morgan fingerprint density at radius 1 is 1.44 bits per heavy atom. The zero-order chi connectivity index (χ0) is 13.1. The fraction of sp³-hybridized carbons (Fsp3) is 0.818. The van der Waals surface area contributed by atoms with Gasteiger partial charge in [0.1, 0.15) is 0 Å². The van der Waals surface area contributed by atoms with E-state index in [1.165, 1.54) is 0 Å². The van der Waals surface area contributed by atoms with E-state index in [9.17, 15) is 14.7 Å². The quantitative estimate of drug-likeness (QED) is 0.620. The van der Waals surface area contributed by atoms with E-state index < -0.39 is 12.1 Å². The summed E-state index contributed by atoms with van der Waals surface area (Å²) < 4.78 is 0. The van der Waals surface area contributed by atoms with Gasteiger partial charge in [-0.3, -0.25) is 9.59 Å². The van der Waals surface area contributed by atoms with Gasteiger partial charge in [0.25, 0.3) is 0 Å². The highest BCUT2D eigenvalue weighted by Gasteiger charge is 2.36. The molecule has 0 aromatic carbocycles. The lowest BCUT2D eigenvalue weighted by Crippen LogP contribution is -2.52. The van der Waals surface area contributed by atoms with Crippen LogP contribution in [0.5, 0.6) is 0 Å². The summed E-state index contributed by atoms with van der Waals surface area (Å²) in [5.74, 6) is 0.572. The van der Waals surface area contributed by atoms with Crippen molar-refractivity contribution in [2.24, 2.45) is 0 Å². The monoisotopic (exact) mass is 274 g/mol. The number of carbonyl (C=O) groups is 2. The molecule has 0 spiro atoms. The zero-order valence-corrected chi connectivity index (χ0v) is 10.9. The van der Waals surface area contributed by atoms with Gasteiger partial charge in [-0.05, 0) is 6.42 Å². The molecule has 2 saturated heterocycles. The van der Waals surface area contributed by atoms with Crippen molar-refractivity contribution in [1.82, 2.24) is 10.2 Å². The molecule has 0 aliphatic carbocycles. The number of aliphatic hydroxyl groups excluding tert-OH is 1. The molecule has 2 fully saturated rings. The van der Waals surface area contributed by atoms with Crippen molar-refractivity contribution in [2.45, 2.75) is 31.0 Å². The summed E-state index contributed by atoms with van der Waals surface area (Å²) in [6.45, 7) is 1.03. The van der Waals surface area contributed by atoms with E-state index in [1.807, 2.05) is 0 Å². The normalized spacial score (nSPS) is 32.5. The Morgan fingerprint density at radius 2 is 2.22 bits per heavy atom. The maximum Gasteiger partial charge on any atom is 0.305 e. The van der Waals surface area contributed by atoms with E-state index >= 15 is 0 Å². The minimum Gasteiger partial charge on any atom is -0.481 e. The van der Waals surface area contributed by atoms with Crippen molar-refractivity contribution >= 4 is 23.6 Å². The van der Waals surface area contributed by atoms with Gasteiger partial charge in [0.05, 0.1) is 24.6 Å². The largest absolute Gasteiger partial charge is 0.481 e. The first-order valence-electron chi connectivity index (χ1n) is 6.09. The fourth-order valence-electron chi connectivity index (χ4n) is 2.42. The van der Waals surface area contributed by atoms with E-state index in [2.05, 4.69) is 5.32 Å². The van der Waals surface area contributed by atoms with E-state index in [0.29, 0.717) is 25.3 Å². The van der Waals surface area contributed by atoms with Gasteiger partial charge in [-0.25, -0.2) is 0 Å². The number of β-amino-alcohol motifs (C(OH)–C–C–N with tert-alkyl or cyclic N) is 1. The van der Waals surface area contributed by atoms with Crippen molar-refractivity contribution in [3.63, 3.8) is 0 Å². The molecule has 18 heavy (non-hydrogen) atoms. The summed E-state index contributed by atoms with van der Waals surface area (Å²) in [6, 6.07) is -0.590. The van der Waals surface area contributed by atoms with Crippen LogP contribution in [0.25, 0.3) is 0 Å². The topological polar surface area (TPSA) is 89.9 Å². The molecule has 2 heterocycles. The van der Waals surface area contributed by atoms with E-state index in [0.717, 1.165) is 5.75 Å². The highest BCUT2D eigenvalue weighted by molar-refractivity contribution is 7.99. The molecule has 102 valence electrons. The number of aliphatic carboxylic acids is 1. The third kappa shape index (κ3) is 3.15. The summed E-state index contributed by atoms with van der Waals surface area (Å²) in [6.07, 6.45) is -0.0629. The fourth-order valence-corrected chi connectivity index (χ4v) is 3.48. The van der Waals surface area contributed by atoms with Crippen LogP contribution in [0.1, 0.15) is 12.8 Å². The second kappa shape index (κ2) is 5.90. The highest BCUT2D eigenvalue weighted by Crippen LogP contribution is 2.21. The lowest BCUT2D eigenvalue weighted by molar-refractivity contribution is -0.141. The Hall–Kier alpha value is -0.790. The molecule has 2 rings (SSSR count). The maximum absolute atomic E-state index is 12.3. The molecule has 1 amide bonds. The smallest absolute Gasteiger partial charge is 0.305 e. The van der Waals surface area contributed by atoms with Gasteiger partial charge in [0, 0.05) is 24.6 Å². The standard InChI is InChI=1S/C11H18N2O4S/c14-8-4-9(12-5-8)11(17)13-1-2-18-6-7(13)3-10(15)16/h7-9,12,14H,1-6H2,(H,15,16). The molecule has 0 aromatic rings. The number of nitrogens with zero attached hydrogens (tertiary/aromatic N) is 1. The van der Waals surface area contributed by atoms with Gasteiger partial charge in [-0.15, -0.1) is 0 Å². The summed E-state index contributed by atoms with van der Waals surface area (Å²) in [7, 11) is 0. The Bertz CT molecular complexity index is 339. The molecule has 3 N–H and O–H groups in total. The molecule has 0 bridgehead atoms. The minimum atomic E-state index is -0.875. The number of carboxylic acids is 1. The number of amides is 1.